The van der Waals surface area contributed by atoms with Crippen molar-refractivity contribution in [3.63, 3.8) is 0 Å². The van der Waals surface area contributed by atoms with Crippen LogP contribution in [0, 0.1) is 0 Å². The smallest absolute Gasteiger partial charge is 0.180 e. The molecule has 1 aliphatic rings. The molecule has 0 radical (unpaired) electrons. The van der Waals surface area contributed by atoms with Crippen LogP contribution in [0.5, 0.6) is 0 Å². The Morgan fingerprint density at radius 1 is 1.41 bits per heavy atom. The zero-order chi connectivity index (χ0) is 11.7. The molecule has 3 rings (SSSR count). The van der Waals surface area contributed by atoms with Gasteiger partial charge in [0, 0.05) is 30.2 Å². The van der Waals surface area contributed by atoms with Gasteiger partial charge in [0.15, 0.2) is 5.13 Å². The lowest BCUT2D eigenvalue weighted by atomic mass is 10.3. The monoisotopic (exact) mass is 265 g/mol. The molecule has 3 nitrogen and oxygen atoms in total. The Balaban J connectivity index is 1.68. The number of aromatic nitrogens is 1. The van der Waals surface area contributed by atoms with Crippen LogP contribution in [0.25, 0.3) is 0 Å². The molecule has 1 aliphatic carbocycles. The van der Waals surface area contributed by atoms with E-state index in [1.54, 1.807) is 22.7 Å². The van der Waals surface area contributed by atoms with Gasteiger partial charge in [-0.25, -0.2) is 4.98 Å². The van der Waals surface area contributed by atoms with Gasteiger partial charge in [0.25, 0.3) is 0 Å². The van der Waals surface area contributed by atoms with Crippen molar-refractivity contribution in [1.29, 1.82) is 0 Å². The second kappa shape index (κ2) is 4.76. The van der Waals surface area contributed by atoms with E-state index in [0.717, 1.165) is 19.1 Å². The van der Waals surface area contributed by atoms with Gasteiger partial charge < -0.3 is 5.73 Å². The Hall–Kier alpha value is -0.910. The Kier molecular flexibility index (Phi) is 3.13. The van der Waals surface area contributed by atoms with E-state index in [1.165, 1.54) is 23.3 Å². The Morgan fingerprint density at radius 3 is 2.88 bits per heavy atom. The van der Waals surface area contributed by atoms with Crippen LogP contribution >= 0.6 is 22.7 Å². The molecule has 0 atom stereocenters. The van der Waals surface area contributed by atoms with E-state index in [1.807, 2.05) is 6.20 Å². The van der Waals surface area contributed by atoms with E-state index in [9.17, 15) is 0 Å². The summed E-state index contributed by atoms with van der Waals surface area (Å²) in [6.45, 7) is 2.03. The number of nitrogen functional groups attached to an aromatic ring is 1. The zero-order valence-corrected chi connectivity index (χ0v) is 11.1. The zero-order valence-electron chi connectivity index (χ0n) is 9.50. The number of hydrogen-bond acceptors (Lipinski definition) is 5. The Labute approximate surface area is 109 Å². The molecule has 0 unspecified atom stereocenters. The topological polar surface area (TPSA) is 42.1 Å². The third-order valence-corrected chi connectivity index (χ3v) is 4.50. The summed E-state index contributed by atoms with van der Waals surface area (Å²) in [4.78, 5) is 7.92. The van der Waals surface area contributed by atoms with E-state index in [2.05, 4.69) is 26.7 Å². The lowest BCUT2D eigenvalue weighted by molar-refractivity contribution is 0.248. The summed E-state index contributed by atoms with van der Waals surface area (Å²) >= 11 is 3.37. The highest BCUT2D eigenvalue weighted by Crippen LogP contribution is 2.31. The Morgan fingerprint density at radius 2 is 2.29 bits per heavy atom. The molecule has 1 saturated carbocycles. The molecule has 1 fully saturated rings. The highest BCUT2D eigenvalue weighted by Gasteiger charge is 2.29. The van der Waals surface area contributed by atoms with Crippen LogP contribution in [-0.4, -0.2) is 15.9 Å². The van der Waals surface area contributed by atoms with Crippen molar-refractivity contribution in [3.05, 3.63) is 33.5 Å². The third-order valence-electron chi connectivity index (χ3n) is 2.96. The summed E-state index contributed by atoms with van der Waals surface area (Å²) in [6.07, 6.45) is 4.57. The number of hydrogen-bond donors (Lipinski definition) is 1. The number of thiazole rings is 1. The average molecular weight is 265 g/mol. The van der Waals surface area contributed by atoms with Crippen molar-refractivity contribution in [2.45, 2.75) is 32.0 Å². The van der Waals surface area contributed by atoms with Crippen molar-refractivity contribution >= 4 is 27.8 Å². The second-order valence-electron chi connectivity index (χ2n) is 4.43. The molecule has 17 heavy (non-hydrogen) atoms. The maximum absolute atomic E-state index is 5.67. The average Bonchev–Trinajstić information content (AvgIpc) is 2.89. The van der Waals surface area contributed by atoms with Crippen molar-refractivity contribution < 1.29 is 0 Å². The third kappa shape index (κ3) is 2.86. The molecule has 0 saturated heterocycles. The summed E-state index contributed by atoms with van der Waals surface area (Å²) < 4.78 is 0. The van der Waals surface area contributed by atoms with Gasteiger partial charge in [-0.2, -0.15) is 11.3 Å². The molecule has 90 valence electrons. The van der Waals surface area contributed by atoms with Gasteiger partial charge >= 0.3 is 0 Å². The van der Waals surface area contributed by atoms with E-state index in [0.29, 0.717) is 5.13 Å². The van der Waals surface area contributed by atoms with Crippen LogP contribution in [0.1, 0.15) is 23.3 Å². The number of nitrogens with zero attached hydrogens (tertiary/aromatic N) is 2. The molecular formula is C12H15N3S2. The molecule has 2 N–H and O–H groups in total. The van der Waals surface area contributed by atoms with Crippen LogP contribution < -0.4 is 5.73 Å². The number of anilines is 1. The van der Waals surface area contributed by atoms with Crippen molar-refractivity contribution in [2.24, 2.45) is 0 Å². The molecule has 0 aliphatic heterocycles. The molecule has 0 bridgehead atoms. The number of nitrogens with two attached hydrogens (primary N) is 1. The minimum atomic E-state index is 0.672. The first-order valence-corrected chi connectivity index (χ1v) is 7.52. The van der Waals surface area contributed by atoms with Crippen LogP contribution in [0.3, 0.4) is 0 Å². The fourth-order valence-corrected chi connectivity index (χ4v) is 3.34. The van der Waals surface area contributed by atoms with Crippen molar-refractivity contribution in [1.82, 2.24) is 9.88 Å². The fourth-order valence-electron chi connectivity index (χ4n) is 1.97. The maximum Gasteiger partial charge on any atom is 0.180 e. The van der Waals surface area contributed by atoms with Gasteiger partial charge in [-0.05, 0) is 35.2 Å². The first kappa shape index (κ1) is 11.2. The summed E-state index contributed by atoms with van der Waals surface area (Å²) in [5, 5.41) is 5.05. The molecule has 2 aromatic rings. The largest absolute Gasteiger partial charge is 0.375 e. The van der Waals surface area contributed by atoms with Gasteiger partial charge in [-0.1, -0.05) is 0 Å². The summed E-state index contributed by atoms with van der Waals surface area (Å²) in [5.41, 5.74) is 7.09. The highest BCUT2D eigenvalue weighted by atomic mass is 32.1. The SMILES string of the molecule is Nc1ncc(CN(Cc2ccsc2)C2CC2)s1. The van der Waals surface area contributed by atoms with Crippen molar-refractivity contribution in [3.8, 4) is 0 Å². The van der Waals surface area contributed by atoms with Crippen molar-refractivity contribution in [2.75, 3.05) is 5.73 Å². The molecule has 2 aromatic heterocycles. The van der Waals surface area contributed by atoms with Gasteiger partial charge in [-0.15, -0.1) is 11.3 Å². The molecule has 5 heteroatoms. The predicted octanol–water partition coefficient (Wildman–Crippen LogP) is 2.95. The van der Waals surface area contributed by atoms with Gasteiger partial charge in [0.2, 0.25) is 0 Å². The molecule has 0 amide bonds. The highest BCUT2D eigenvalue weighted by molar-refractivity contribution is 7.15. The molecular weight excluding hydrogens is 250 g/mol. The fraction of sp³-hybridized carbons (Fsp3) is 0.417. The van der Waals surface area contributed by atoms with Crippen LogP contribution in [-0.2, 0) is 13.1 Å². The molecule has 2 heterocycles. The van der Waals surface area contributed by atoms with Gasteiger partial charge in [0.05, 0.1) is 0 Å². The van der Waals surface area contributed by atoms with Crippen LogP contribution in [0.4, 0.5) is 5.13 Å². The van der Waals surface area contributed by atoms with E-state index >= 15 is 0 Å². The van der Waals surface area contributed by atoms with Gasteiger partial charge in [-0.3, -0.25) is 4.90 Å². The summed E-state index contributed by atoms with van der Waals surface area (Å²) in [7, 11) is 0. The molecule has 0 aromatic carbocycles. The number of thiophene rings is 1. The predicted molar refractivity (Wildman–Crippen MR) is 73.1 cm³/mol. The minimum absolute atomic E-state index is 0.672. The second-order valence-corrected chi connectivity index (χ2v) is 6.36. The number of rotatable bonds is 5. The van der Waals surface area contributed by atoms with E-state index < -0.39 is 0 Å². The normalized spacial score (nSPS) is 15.6. The lowest BCUT2D eigenvalue weighted by Gasteiger charge is -2.20. The van der Waals surface area contributed by atoms with Crippen LogP contribution in [0.15, 0.2) is 23.0 Å². The lowest BCUT2D eigenvalue weighted by Crippen LogP contribution is -2.24. The van der Waals surface area contributed by atoms with E-state index in [-0.39, 0.29) is 0 Å². The summed E-state index contributed by atoms with van der Waals surface area (Å²) in [6, 6.07) is 2.97. The first-order valence-electron chi connectivity index (χ1n) is 5.76. The van der Waals surface area contributed by atoms with Gasteiger partial charge in [0.1, 0.15) is 0 Å². The van der Waals surface area contributed by atoms with E-state index in [4.69, 9.17) is 5.73 Å². The standard InChI is InChI=1S/C12H15N3S2/c13-12-14-5-11(17-12)7-15(10-1-2-10)6-9-3-4-16-8-9/h3-5,8,10H,1-2,6-7H2,(H2,13,14). The first-order chi connectivity index (χ1) is 8.31. The Bertz CT molecular complexity index is 474. The molecule has 0 spiro atoms. The summed E-state index contributed by atoms with van der Waals surface area (Å²) in [5.74, 6) is 0. The van der Waals surface area contributed by atoms with Crippen LogP contribution in [0.2, 0.25) is 0 Å². The minimum Gasteiger partial charge on any atom is -0.375 e. The maximum atomic E-state index is 5.67. The quantitative estimate of drug-likeness (QED) is 0.903.